The van der Waals surface area contributed by atoms with E-state index in [-0.39, 0.29) is 24.4 Å². The lowest BCUT2D eigenvalue weighted by molar-refractivity contribution is 0.0940. The maximum atomic E-state index is 11.9. The lowest BCUT2D eigenvalue weighted by atomic mass is 10.0. The molecule has 0 saturated heterocycles. The molecule has 1 atom stereocenters. The van der Waals surface area contributed by atoms with Gasteiger partial charge in [-0.2, -0.15) is 0 Å². The fourth-order valence-electron chi connectivity index (χ4n) is 1.53. The van der Waals surface area contributed by atoms with Gasteiger partial charge in [-0.3, -0.25) is 4.79 Å². The van der Waals surface area contributed by atoms with Gasteiger partial charge in [0, 0.05) is 18.2 Å². The number of aryl methyl sites for hydroxylation is 2. The van der Waals surface area contributed by atoms with Crippen LogP contribution >= 0.6 is 12.4 Å². The van der Waals surface area contributed by atoms with Gasteiger partial charge in [0.25, 0.3) is 5.91 Å². The number of amides is 1. The molecule has 0 spiro atoms. The van der Waals surface area contributed by atoms with Crippen LogP contribution in [0.2, 0.25) is 0 Å². The molecule has 0 fully saturated rings. The minimum Gasteiger partial charge on any atom is -0.348 e. The highest BCUT2D eigenvalue weighted by molar-refractivity contribution is 5.97. The van der Waals surface area contributed by atoms with E-state index in [9.17, 15) is 4.79 Å². The fourth-order valence-corrected chi connectivity index (χ4v) is 1.53. The van der Waals surface area contributed by atoms with Crippen LogP contribution < -0.4 is 11.1 Å². The summed E-state index contributed by atoms with van der Waals surface area (Å²) in [4.78, 5) is 11.9. The molecular weight excluding hydrogens is 224 g/mol. The Morgan fingerprint density at radius 3 is 2.31 bits per heavy atom. The second-order valence-corrected chi connectivity index (χ2v) is 3.88. The van der Waals surface area contributed by atoms with Crippen molar-refractivity contribution in [2.45, 2.75) is 26.8 Å². The monoisotopic (exact) mass is 242 g/mol. The Hall–Kier alpha value is -1.06. The summed E-state index contributed by atoms with van der Waals surface area (Å²) in [6, 6.07) is 5.84. The number of hydrogen-bond acceptors (Lipinski definition) is 2. The average molecular weight is 243 g/mol. The Kier molecular flexibility index (Phi) is 6.08. The van der Waals surface area contributed by atoms with E-state index in [0.717, 1.165) is 16.7 Å². The van der Waals surface area contributed by atoms with E-state index in [1.165, 1.54) is 0 Å². The van der Waals surface area contributed by atoms with Gasteiger partial charge in [0.1, 0.15) is 0 Å². The summed E-state index contributed by atoms with van der Waals surface area (Å²) >= 11 is 0. The zero-order valence-electron chi connectivity index (χ0n) is 9.91. The highest BCUT2D eigenvalue weighted by Gasteiger charge is 2.12. The van der Waals surface area contributed by atoms with E-state index in [1.54, 1.807) is 0 Å². The molecule has 3 nitrogen and oxygen atoms in total. The van der Waals surface area contributed by atoms with E-state index in [0.29, 0.717) is 6.54 Å². The van der Waals surface area contributed by atoms with Gasteiger partial charge in [-0.25, -0.2) is 0 Å². The third-order valence-corrected chi connectivity index (χ3v) is 2.44. The van der Waals surface area contributed by atoms with Crippen LogP contribution in [0.1, 0.15) is 28.4 Å². The van der Waals surface area contributed by atoms with Crippen molar-refractivity contribution in [3.63, 3.8) is 0 Å². The lowest BCUT2D eigenvalue weighted by Gasteiger charge is -2.14. The predicted octanol–water partition coefficient (Wildman–Crippen LogP) is 1.80. The summed E-state index contributed by atoms with van der Waals surface area (Å²) in [6.07, 6.45) is 0. The Bertz CT molecular complexity index is 346. The van der Waals surface area contributed by atoms with E-state index in [1.807, 2.05) is 39.0 Å². The first-order valence-electron chi connectivity index (χ1n) is 5.13. The maximum absolute atomic E-state index is 11.9. The number of rotatable bonds is 3. The van der Waals surface area contributed by atoms with Crippen molar-refractivity contribution in [3.8, 4) is 0 Å². The molecule has 1 aromatic rings. The first-order valence-corrected chi connectivity index (χ1v) is 5.13. The molecule has 0 aliphatic carbocycles. The maximum Gasteiger partial charge on any atom is 0.252 e. The summed E-state index contributed by atoms with van der Waals surface area (Å²) in [5.41, 5.74) is 8.22. The Morgan fingerprint density at radius 2 is 1.88 bits per heavy atom. The SMILES string of the molecule is Cc1cccc(C)c1C(=O)N[C@H](C)CN.Cl. The molecule has 0 radical (unpaired) electrons. The van der Waals surface area contributed by atoms with Crippen molar-refractivity contribution in [1.82, 2.24) is 5.32 Å². The molecule has 1 rings (SSSR count). The van der Waals surface area contributed by atoms with Crippen molar-refractivity contribution in [2.75, 3.05) is 6.54 Å². The quantitative estimate of drug-likeness (QED) is 0.849. The summed E-state index contributed by atoms with van der Waals surface area (Å²) in [5.74, 6) is -0.0384. The minimum absolute atomic E-state index is 0. The number of nitrogens with one attached hydrogen (secondary N) is 1. The first-order chi connectivity index (χ1) is 7.06. The number of halogens is 1. The normalized spacial score (nSPS) is 11.5. The fraction of sp³-hybridized carbons (Fsp3) is 0.417. The lowest BCUT2D eigenvalue weighted by Crippen LogP contribution is -2.38. The molecule has 0 aliphatic heterocycles. The van der Waals surface area contributed by atoms with E-state index in [4.69, 9.17) is 5.73 Å². The second kappa shape index (κ2) is 6.51. The topological polar surface area (TPSA) is 55.1 Å². The molecule has 4 heteroatoms. The number of benzene rings is 1. The minimum atomic E-state index is -0.0384. The van der Waals surface area contributed by atoms with Crippen LogP contribution in [0.5, 0.6) is 0 Å². The molecule has 0 saturated carbocycles. The van der Waals surface area contributed by atoms with Crippen LogP contribution in [-0.2, 0) is 0 Å². The number of nitrogens with two attached hydrogens (primary N) is 1. The van der Waals surface area contributed by atoms with Crippen LogP contribution in [0.3, 0.4) is 0 Å². The number of hydrogen-bond donors (Lipinski definition) is 2. The number of carbonyl (C=O) groups excluding carboxylic acids is 1. The summed E-state index contributed by atoms with van der Waals surface area (Å²) in [7, 11) is 0. The molecule has 0 heterocycles. The number of carbonyl (C=O) groups is 1. The van der Waals surface area contributed by atoms with Crippen molar-refractivity contribution in [1.29, 1.82) is 0 Å². The second-order valence-electron chi connectivity index (χ2n) is 3.88. The van der Waals surface area contributed by atoms with Crippen molar-refractivity contribution >= 4 is 18.3 Å². The van der Waals surface area contributed by atoms with E-state index < -0.39 is 0 Å². The first kappa shape index (κ1) is 14.9. The highest BCUT2D eigenvalue weighted by atomic mass is 35.5. The van der Waals surface area contributed by atoms with E-state index >= 15 is 0 Å². The van der Waals surface area contributed by atoms with Gasteiger partial charge in [-0.05, 0) is 31.9 Å². The third-order valence-electron chi connectivity index (χ3n) is 2.44. The van der Waals surface area contributed by atoms with Crippen LogP contribution in [0.25, 0.3) is 0 Å². The molecule has 0 aliphatic rings. The molecular formula is C12H19ClN2O. The summed E-state index contributed by atoms with van der Waals surface area (Å²) in [5, 5.41) is 2.86. The van der Waals surface area contributed by atoms with Crippen molar-refractivity contribution in [2.24, 2.45) is 5.73 Å². The summed E-state index contributed by atoms with van der Waals surface area (Å²) in [6.45, 7) is 6.23. The highest BCUT2D eigenvalue weighted by Crippen LogP contribution is 2.12. The van der Waals surface area contributed by atoms with Crippen molar-refractivity contribution in [3.05, 3.63) is 34.9 Å². The zero-order valence-corrected chi connectivity index (χ0v) is 10.7. The zero-order chi connectivity index (χ0) is 11.4. The Morgan fingerprint density at radius 1 is 1.38 bits per heavy atom. The molecule has 1 aromatic carbocycles. The van der Waals surface area contributed by atoms with E-state index in [2.05, 4.69) is 5.32 Å². The molecule has 0 bridgehead atoms. The average Bonchev–Trinajstić information content (AvgIpc) is 2.17. The predicted molar refractivity (Wildman–Crippen MR) is 69.1 cm³/mol. The summed E-state index contributed by atoms with van der Waals surface area (Å²) < 4.78 is 0. The molecule has 1 amide bonds. The molecule has 90 valence electrons. The van der Waals surface area contributed by atoms with Gasteiger partial charge in [0.2, 0.25) is 0 Å². The molecule has 3 N–H and O–H groups in total. The van der Waals surface area contributed by atoms with Gasteiger partial charge in [-0.15, -0.1) is 12.4 Å². The van der Waals surface area contributed by atoms with Crippen LogP contribution in [0.15, 0.2) is 18.2 Å². The molecule has 16 heavy (non-hydrogen) atoms. The van der Waals surface area contributed by atoms with Gasteiger partial charge >= 0.3 is 0 Å². The van der Waals surface area contributed by atoms with Crippen LogP contribution in [-0.4, -0.2) is 18.5 Å². The van der Waals surface area contributed by atoms with Gasteiger partial charge in [0.15, 0.2) is 0 Å². The third kappa shape index (κ3) is 3.51. The molecule has 0 unspecified atom stereocenters. The van der Waals surface area contributed by atoms with Gasteiger partial charge in [-0.1, -0.05) is 18.2 Å². The Balaban J connectivity index is 0.00000225. The van der Waals surface area contributed by atoms with Crippen LogP contribution in [0.4, 0.5) is 0 Å². The van der Waals surface area contributed by atoms with Gasteiger partial charge in [0.05, 0.1) is 0 Å². The standard InChI is InChI=1S/C12H18N2O.ClH/c1-8-5-4-6-9(2)11(8)12(15)14-10(3)7-13;/h4-6,10H,7,13H2,1-3H3,(H,14,15);1H/t10-;/m1./s1. The smallest absolute Gasteiger partial charge is 0.252 e. The van der Waals surface area contributed by atoms with Gasteiger partial charge < -0.3 is 11.1 Å². The van der Waals surface area contributed by atoms with Crippen LogP contribution in [0, 0.1) is 13.8 Å². The Labute approximate surface area is 103 Å². The largest absolute Gasteiger partial charge is 0.348 e. The van der Waals surface area contributed by atoms with Crippen molar-refractivity contribution < 1.29 is 4.79 Å². The molecule has 0 aromatic heterocycles.